The molecule has 1 aliphatic carbocycles. The van der Waals surface area contributed by atoms with E-state index in [-0.39, 0.29) is 0 Å². The van der Waals surface area contributed by atoms with Gasteiger partial charge < -0.3 is 11.1 Å². The third-order valence-electron chi connectivity index (χ3n) is 3.13. The van der Waals surface area contributed by atoms with Gasteiger partial charge in [0.05, 0.1) is 11.3 Å². The topological polar surface area (TPSA) is 61.8 Å². The van der Waals surface area contributed by atoms with Gasteiger partial charge in [-0.3, -0.25) is 0 Å². The van der Waals surface area contributed by atoms with Crippen molar-refractivity contribution in [3.05, 3.63) is 23.8 Å². The summed E-state index contributed by atoms with van der Waals surface area (Å²) in [6.45, 7) is 0. The highest BCUT2D eigenvalue weighted by molar-refractivity contribution is 5.64. The molecule has 0 aliphatic heterocycles. The number of nitrogens with one attached hydrogen (secondary N) is 1. The molecule has 2 rings (SSSR count). The predicted molar refractivity (Wildman–Crippen MR) is 66.1 cm³/mol. The molecule has 1 fully saturated rings. The zero-order valence-corrected chi connectivity index (χ0v) is 9.37. The van der Waals surface area contributed by atoms with Crippen molar-refractivity contribution >= 4 is 11.4 Å². The summed E-state index contributed by atoms with van der Waals surface area (Å²) in [6, 6.07) is 8.10. The first kappa shape index (κ1) is 10.8. The monoisotopic (exact) mass is 215 g/mol. The molecule has 0 aromatic heterocycles. The van der Waals surface area contributed by atoms with Crippen molar-refractivity contribution in [3.8, 4) is 6.07 Å². The summed E-state index contributed by atoms with van der Waals surface area (Å²) in [4.78, 5) is 0. The van der Waals surface area contributed by atoms with Gasteiger partial charge in [0.1, 0.15) is 6.07 Å². The molecular formula is C13H17N3. The molecule has 0 amide bonds. The van der Waals surface area contributed by atoms with Crippen LogP contribution in [0.25, 0.3) is 0 Å². The first-order chi connectivity index (χ1) is 7.79. The maximum Gasteiger partial charge on any atom is 0.101 e. The number of nitriles is 1. The third-order valence-corrected chi connectivity index (χ3v) is 3.13. The molecule has 84 valence electrons. The second-order valence-electron chi connectivity index (χ2n) is 4.40. The van der Waals surface area contributed by atoms with Crippen LogP contribution in [0.1, 0.15) is 37.7 Å². The van der Waals surface area contributed by atoms with E-state index in [1.54, 1.807) is 12.1 Å². The highest BCUT2D eigenvalue weighted by Gasteiger charge is 2.14. The van der Waals surface area contributed by atoms with E-state index in [0.717, 1.165) is 5.69 Å². The Morgan fingerprint density at radius 1 is 1.25 bits per heavy atom. The van der Waals surface area contributed by atoms with E-state index in [1.807, 2.05) is 6.07 Å². The van der Waals surface area contributed by atoms with Gasteiger partial charge in [0.25, 0.3) is 0 Å². The van der Waals surface area contributed by atoms with E-state index in [4.69, 9.17) is 11.0 Å². The van der Waals surface area contributed by atoms with Gasteiger partial charge in [0.15, 0.2) is 0 Å². The summed E-state index contributed by atoms with van der Waals surface area (Å²) in [7, 11) is 0. The van der Waals surface area contributed by atoms with Crippen LogP contribution < -0.4 is 11.1 Å². The van der Waals surface area contributed by atoms with Gasteiger partial charge in [0, 0.05) is 11.7 Å². The zero-order chi connectivity index (χ0) is 11.4. The molecule has 0 atom stereocenters. The van der Waals surface area contributed by atoms with Crippen LogP contribution in [-0.2, 0) is 0 Å². The Morgan fingerprint density at radius 3 is 2.69 bits per heavy atom. The van der Waals surface area contributed by atoms with Crippen LogP contribution in [0.4, 0.5) is 11.4 Å². The van der Waals surface area contributed by atoms with Crippen molar-refractivity contribution in [3.63, 3.8) is 0 Å². The van der Waals surface area contributed by atoms with Crippen molar-refractivity contribution in [1.82, 2.24) is 0 Å². The Kier molecular flexibility index (Phi) is 3.31. The van der Waals surface area contributed by atoms with Crippen LogP contribution in [0.3, 0.4) is 0 Å². The molecule has 0 bridgehead atoms. The van der Waals surface area contributed by atoms with E-state index in [2.05, 4.69) is 11.4 Å². The van der Waals surface area contributed by atoms with Gasteiger partial charge in [-0.05, 0) is 31.0 Å². The summed E-state index contributed by atoms with van der Waals surface area (Å²) >= 11 is 0. The second-order valence-corrected chi connectivity index (χ2v) is 4.40. The third kappa shape index (κ3) is 2.46. The minimum absolute atomic E-state index is 0.502. The Morgan fingerprint density at radius 2 is 2.00 bits per heavy atom. The SMILES string of the molecule is N#Cc1ccc(N)cc1NC1CCCCC1. The Bertz CT molecular complexity index is 400. The maximum atomic E-state index is 9.01. The molecule has 0 saturated heterocycles. The minimum atomic E-state index is 0.502. The van der Waals surface area contributed by atoms with Crippen LogP contribution in [0.15, 0.2) is 18.2 Å². The standard InChI is InChI=1S/C13H17N3/c14-9-10-6-7-11(15)8-13(10)16-12-4-2-1-3-5-12/h6-8,12,16H,1-5,15H2. The normalized spacial score (nSPS) is 16.7. The number of hydrogen-bond acceptors (Lipinski definition) is 3. The van der Waals surface area contributed by atoms with Gasteiger partial charge in [-0.2, -0.15) is 5.26 Å². The van der Waals surface area contributed by atoms with Gasteiger partial charge in [-0.15, -0.1) is 0 Å². The summed E-state index contributed by atoms with van der Waals surface area (Å²) in [5, 5.41) is 12.4. The average molecular weight is 215 g/mol. The van der Waals surface area contributed by atoms with Crippen molar-refractivity contribution in [1.29, 1.82) is 5.26 Å². The van der Waals surface area contributed by atoms with E-state index >= 15 is 0 Å². The number of anilines is 2. The molecule has 16 heavy (non-hydrogen) atoms. The van der Waals surface area contributed by atoms with Crippen LogP contribution >= 0.6 is 0 Å². The van der Waals surface area contributed by atoms with Crippen LogP contribution in [0, 0.1) is 11.3 Å². The molecule has 3 nitrogen and oxygen atoms in total. The van der Waals surface area contributed by atoms with Crippen molar-refractivity contribution < 1.29 is 0 Å². The fraction of sp³-hybridized carbons (Fsp3) is 0.462. The van der Waals surface area contributed by atoms with E-state index in [9.17, 15) is 0 Å². The highest BCUT2D eigenvalue weighted by atomic mass is 14.9. The zero-order valence-electron chi connectivity index (χ0n) is 9.37. The van der Waals surface area contributed by atoms with E-state index in [0.29, 0.717) is 17.3 Å². The van der Waals surface area contributed by atoms with Crippen molar-refractivity contribution in [2.75, 3.05) is 11.1 Å². The predicted octanol–water partition coefficient (Wildman–Crippen LogP) is 2.89. The van der Waals surface area contributed by atoms with Crippen LogP contribution in [-0.4, -0.2) is 6.04 Å². The Labute approximate surface area is 96.3 Å². The molecule has 1 aromatic carbocycles. The van der Waals surface area contributed by atoms with Crippen LogP contribution in [0.5, 0.6) is 0 Å². The quantitative estimate of drug-likeness (QED) is 0.746. The molecule has 0 radical (unpaired) electrons. The van der Waals surface area contributed by atoms with E-state index < -0.39 is 0 Å². The molecule has 0 spiro atoms. The minimum Gasteiger partial charge on any atom is -0.399 e. The van der Waals surface area contributed by atoms with Gasteiger partial charge in [-0.1, -0.05) is 19.3 Å². The molecule has 1 aromatic rings. The molecule has 1 saturated carbocycles. The largest absolute Gasteiger partial charge is 0.399 e. The number of hydrogen-bond donors (Lipinski definition) is 2. The number of nitrogens with zero attached hydrogens (tertiary/aromatic N) is 1. The molecule has 1 aliphatic rings. The molecule has 3 N–H and O–H groups in total. The first-order valence-corrected chi connectivity index (χ1v) is 5.86. The summed E-state index contributed by atoms with van der Waals surface area (Å²) in [6.07, 6.45) is 6.28. The number of nitrogens with two attached hydrogens (primary N) is 1. The molecule has 0 unspecified atom stereocenters. The van der Waals surface area contributed by atoms with Crippen LogP contribution in [0.2, 0.25) is 0 Å². The lowest BCUT2D eigenvalue weighted by atomic mass is 9.95. The van der Waals surface area contributed by atoms with Gasteiger partial charge in [0.2, 0.25) is 0 Å². The number of benzene rings is 1. The van der Waals surface area contributed by atoms with Crippen molar-refractivity contribution in [2.45, 2.75) is 38.1 Å². The lowest BCUT2D eigenvalue weighted by molar-refractivity contribution is 0.462. The van der Waals surface area contributed by atoms with Gasteiger partial charge in [-0.25, -0.2) is 0 Å². The maximum absolute atomic E-state index is 9.01. The summed E-state index contributed by atoms with van der Waals surface area (Å²) in [5.41, 5.74) is 8.01. The first-order valence-electron chi connectivity index (χ1n) is 5.86. The smallest absolute Gasteiger partial charge is 0.101 e. The fourth-order valence-electron chi connectivity index (χ4n) is 2.25. The summed E-state index contributed by atoms with van der Waals surface area (Å²) < 4.78 is 0. The summed E-state index contributed by atoms with van der Waals surface area (Å²) in [5.74, 6) is 0. The Balaban J connectivity index is 2.13. The van der Waals surface area contributed by atoms with E-state index in [1.165, 1.54) is 32.1 Å². The number of nitrogen functional groups attached to an aromatic ring is 1. The molecule has 3 heteroatoms. The van der Waals surface area contributed by atoms with Crippen molar-refractivity contribution in [2.24, 2.45) is 0 Å². The fourth-order valence-corrected chi connectivity index (χ4v) is 2.25. The highest BCUT2D eigenvalue weighted by Crippen LogP contribution is 2.24. The molecule has 0 heterocycles. The average Bonchev–Trinajstić information content (AvgIpc) is 2.31. The lowest BCUT2D eigenvalue weighted by Crippen LogP contribution is -2.22. The molecular weight excluding hydrogens is 198 g/mol. The second kappa shape index (κ2) is 4.89. The lowest BCUT2D eigenvalue weighted by Gasteiger charge is -2.24. The van der Waals surface area contributed by atoms with Gasteiger partial charge >= 0.3 is 0 Å². The Hall–Kier alpha value is -1.69. The number of rotatable bonds is 2.